The molecule has 142 valence electrons. The van der Waals surface area contributed by atoms with Crippen molar-refractivity contribution in [1.29, 1.82) is 0 Å². The fourth-order valence-corrected chi connectivity index (χ4v) is 5.64. The van der Waals surface area contributed by atoms with Crippen molar-refractivity contribution in [3.63, 3.8) is 0 Å². The lowest BCUT2D eigenvalue weighted by atomic mass is 9.76. The zero-order valence-electron chi connectivity index (χ0n) is 15.1. The number of carbonyl (C=O) groups excluding carboxylic acids is 1. The number of carbonyl (C=O) groups is 1. The van der Waals surface area contributed by atoms with Crippen LogP contribution < -0.4 is 0 Å². The molecule has 1 aliphatic carbocycles. The summed E-state index contributed by atoms with van der Waals surface area (Å²) in [7, 11) is 0. The van der Waals surface area contributed by atoms with Crippen molar-refractivity contribution in [3.8, 4) is 0 Å². The summed E-state index contributed by atoms with van der Waals surface area (Å²) < 4.78 is 0.766. The molecular weight excluding hydrogens is 397 g/mol. The number of thiophene rings is 1. The summed E-state index contributed by atoms with van der Waals surface area (Å²) in [6, 6.07) is 12.1. The number of allylic oxidation sites excluding steroid dienone is 1. The molecule has 1 aromatic carbocycles. The van der Waals surface area contributed by atoms with Crippen LogP contribution in [0.2, 0.25) is 9.36 Å². The zero-order chi connectivity index (χ0) is 19.0. The molecule has 0 spiro atoms. The van der Waals surface area contributed by atoms with Gasteiger partial charge in [-0.15, -0.1) is 17.9 Å². The normalized spacial score (nSPS) is 25.6. The Morgan fingerprint density at radius 3 is 2.67 bits per heavy atom. The Balaban J connectivity index is 1.78. The molecule has 5 heteroatoms. The molecule has 1 amide bonds. The van der Waals surface area contributed by atoms with E-state index in [0.717, 1.165) is 33.6 Å². The van der Waals surface area contributed by atoms with Gasteiger partial charge in [-0.2, -0.15) is 0 Å². The Kier molecular flexibility index (Phi) is 5.63. The van der Waals surface area contributed by atoms with Crippen LogP contribution in [0.1, 0.15) is 48.1 Å². The van der Waals surface area contributed by atoms with Crippen molar-refractivity contribution in [2.45, 2.75) is 37.6 Å². The first-order valence-corrected chi connectivity index (χ1v) is 11.1. The lowest BCUT2D eigenvalue weighted by Gasteiger charge is -2.44. The van der Waals surface area contributed by atoms with Crippen molar-refractivity contribution >= 4 is 40.4 Å². The minimum atomic E-state index is -0.0167. The monoisotopic (exact) mass is 419 g/mol. The van der Waals surface area contributed by atoms with Crippen molar-refractivity contribution in [3.05, 3.63) is 68.9 Å². The first kappa shape index (κ1) is 19.0. The Labute approximate surface area is 174 Å². The van der Waals surface area contributed by atoms with Crippen LogP contribution in [0.25, 0.3) is 0 Å². The fourth-order valence-electron chi connectivity index (χ4n) is 4.20. The number of piperidine rings is 1. The van der Waals surface area contributed by atoms with E-state index in [0.29, 0.717) is 5.92 Å². The highest BCUT2D eigenvalue weighted by Gasteiger charge is 2.44. The molecule has 1 saturated carbocycles. The van der Waals surface area contributed by atoms with E-state index in [1.807, 2.05) is 30.3 Å². The summed E-state index contributed by atoms with van der Waals surface area (Å²) in [4.78, 5) is 16.6. The molecule has 1 aliphatic heterocycles. The van der Waals surface area contributed by atoms with Crippen LogP contribution in [-0.4, -0.2) is 17.4 Å². The van der Waals surface area contributed by atoms with Crippen LogP contribution in [0, 0.1) is 11.8 Å². The molecule has 2 aromatic rings. The van der Waals surface area contributed by atoms with Crippen LogP contribution >= 0.6 is 34.5 Å². The summed E-state index contributed by atoms with van der Waals surface area (Å²) in [6.07, 6.45) is 5.84. The van der Waals surface area contributed by atoms with E-state index in [-0.39, 0.29) is 23.8 Å². The number of nitrogens with zero attached hydrogens (tertiary/aromatic N) is 1. The molecule has 1 aromatic heterocycles. The minimum Gasteiger partial charge on any atom is -0.334 e. The second-order valence-corrected chi connectivity index (χ2v) is 9.82. The van der Waals surface area contributed by atoms with E-state index in [4.69, 9.17) is 23.2 Å². The maximum Gasteiger partial charge on any atom is 0.226 e. The van der Waals surface area contributed by atoms with Crippen LogP contribution in [-0.2, 0) is 4.79 Å². The third-order valence-corrected chi connectivity index (χ3v) is 7.19. The maximum atomic E-state index is 13.3. The van der Waals surface area contributed by atoms with Gasteiger partial charge in [-0.3, -0.25) is 4.79 Å². The number of amides is 1. The first-order valence-electron chi connectivity index (χ1n) is 9.49. The van der Waals surface area contributed by atoms with Crippen LogP contribution in [0.3, 0.4) is 0 Å². The molecule has 2 heterocycles. The lowest BCUT2D eigenvalue weighted by Crippen LogP contribution is -2.47. The summed E-state index contributed by atoms with van der Waals surface area (Å²) >= 11 is 14.1. The maximum absolute atomic E-state index is 13.3. The molecule has 0 radical (unpaired) electrons. The molecule has 4 rings (SSSR count). The number of likely N-dealkylation sites (tertiary alicyclic amines) is 1. The standard InChI is InChI=1S/C22H23Cl2NOS/c1-2-4-16-12-18(15-5-3-6-17(23)11-15)21(19-9-10-20(24)27-19)25(22(16)26)13-14-7-8-14/h2-3,5-6,9-11,14,16,18,21H,1,4,7-8,12-13H2/t16-,18+,21-/m0/s1. The van der Waals surface area contributed by atoms with Gasteiger partial charge in [0.1, 0.15) is 0 Å². The summed E-state index contributed by atoms with van der Waals surface area (Å²) in [5.41, 5.74) is 1.19. The average Bonchev–Trinajstić information content (AvgIpc) is 3.37. The van der Waals surface area contributed by atoms with E-state index >= 15 is 0 Å². The average molecular weight is 420 g/mol. The fraction of sp³-hybridized carbons (Fsp3) is 0.409. The summed E-state index contributed by atoms with van der Waals surface area (Å²) in [5, 5.41) is 0.737. The summed E-state index contributed by atoms with van der Waals surface area (Å²) in [5.74, 6) is 1.08. The predicted molar refractivity (Wildman–Crippen MR) is 114 cm³/mol. The highest BCUT2D eigenvalue weighted by atomic mass is 35.5. The minimum absolute atomic E-state index is 0.0167. The van der Waals surface area contributed by atoms with Crippen LogP contribution in [0.15, 0.2) is 49.1 Å². The van der Waals surface area contributed by atoms with Gasteiger partial charge in [0.2, 0.25) is 5.91 Å². The third kappa shape index (κ3) is 4.11. The van der Waals surface area contributed by atoms with Crippen molar-refractivity contribution in [2.75, 3.05) is 6.54 Å². The second-order valence-electron chi connectivity index (χ2n) is 7.64. The Morgan fingerprint density at radius 1 is 1.22 bits per heavy atom. The van der Waals surface area contributed by atoms with Gasteiger partial charge in [-0.1, -0.05) is 41.4 Å². The number of hydrogen-bond donors (Lipinski definition) is 0. The van der Waals surface area contributed by atoms with Gasteiger partial charge in [0.05, 0.1) is 10.4 Å². The number of hydrogen-bond acceptors (Lipinski definition) is 2. The quantitative estimate of drug-likeness (QED) is 0.476. The van der Waals surface area contributed by atoms with Gasteiger partial charge in [0.15, 0.2) is 0 Å². The van der Waals surface area contributed by atoms with Gasteiger partial charge >= 0.3 is 0 Å². The second kappa shape index (κ2) is 7.98. The number of halogens is 2. The highest BCUT2D eigenvalue weighted by Crippen LogP contribution is 2.49. The molecule has 2 nitrogen and oxygen atoms in total. The van der Waals surface area contributed by atoms with Crippen molar-refractivity contribution in [2.24, 2.45) is 11.8 Å². The molecule has 0 bridgehead atoms. The molecular formula is C22H23Cl2NOS. The summed E-state index contributed by atoms with van der Waals surface area (Å²) in [6.45, 7) is 4.71. The Morgan fingerprint density at radius 2 is 2.04 bits per heavy atom. The van der Waals surface area contributed by atoms with Crippen molar-refractivity contribution < 1.29 is 4.79 Å². The number of benzene rings is 1. The van der Waals surface area contributed by atoms with Crippen LogP contribution in [0.4, 0.5) is 0 Å². The van der Waals surface area contributed by atoms with Gasteiger partial charge in [-0.05, 0) is 61.4 Å². The van der Waals surface area contributed by atoms with Crippen molar-refractivity contribution in [1.82, 2.24) is 4.90 Å². The Bertz CT molecular complexity index is 844. The third-order valence-electron chi connectivity index (χ3n) is 5.65. The molecule has 0 N–H and O–H groups in total. The molecule has 3 atom stereocenters. The van der Waals surface area contributed by atoms with E-state index in [1.54, 1.807) is 11.3 Å². The van der Waals surface area contributed by atoms with E-state index in [1.165, 1.54) is 18.4 Å². The Hall–Kier alpha value is -1.29. The van der Waals surface area contributed by atoms with E-state index < -0.39 is 0 Å². The molecule has 2 aliphatic rings. The molecule has 1 saturated heterocycles. The van der Waals surface area contributed by atoms with Gasteiger partial charge in [0.25, 0.3) is 0 Å². The SMILES string of the molecule is C=CC[C@H]1C[C@H](c2cccc(Cl)c2)[C@@H](c2ccc(Cl)s2)N(CC2CC2)C1=O. The smallest absolute Gasteiger partial charge is 0.226 e. The van der Waals surface area contributed by atoms with Gasteiger partial charge < -0.3 is 4.90 Å². The van der Waals surface area contributed by atoms with Gasteiger partial charge in [-0.25, -0.2) is 0 Å². The zero-order valence-corrected chi connectivity index (χ0v) is 17.4. The molecule has 0 unspecified atom stereocenters. The molecule has 27 heavy (non-hydrogen) atoms. The predicted octanol–water partition coefficient (Wildman–Crippen LogP) is 6.71. The topological polar surface area (TPSA) is 20.3 Å². The highest BCUT2D eigenvalue weighted by molar-refractivity contribution is 7.16. The first-order chi connectivity index (χ1) is 13.1. The van der Waals surface area contributed by atoms with E-state index in [9.17, 15) is 4.79 Å². The largest absolute Gasteiger partial charge is 0.334 e. The number of rotatable bonds is 6. The molecule has 2 fully saturated rings. The van der Waals surface area contributed by atoms with E-state index in [2.05, 4.69) is 23.6 Å². The lowest BCUT2D eigenvalue weighted by molar-refractivity contribution is -0.143. The van der Waals surface area contributed by atoms with Crippen LogP contribution in [0.5, 0.6) is 0 Å². The van der Waals surface area contributed by atoms with Gasteiger partial charge in [0, 0.05) is 28.3 Å².